The van der Waals surface area contributed by atoms with Gasteiger partial charge in [-0.15, -0.1) is 0 Å². The fraction of sp³-hybridized carbons (Fsp3) is 0.636. The summed E-state index contributed by atoms with van der Waals surface area (Å²) in [4.78, 5) is 0. The molecule has 12 heavy (non-hydrogen) atoms. The van der Waals surface area contributed by atoms with E-state index < -0.39 is 0 Å². The lowest BCUT2D eigenvalue weighted by atomic mass is 10.2. The molecule has 0 aliphatic carbocycles. The van der Waals surface area contributed by atoms with E-state index in [-0.39, 0.29) is 0 Å². The van der Waals surface area contributed by atoms with Crippen LogP contribution in [-0.2, 0) is 0 Å². The average molecular weight is 165 g/mol. The van der Waals surface area contributed by atoms with Crippen LogP contribution in [0.4, 0.5) is 0 Å². The molecule has 0 atom stereocenters. The van der Waals surface area contributed by atoms with Gasteiger partial charge in [-0.1, -0.05) is 0 Å². The summed E-state index contributed by atoms with van der Waals surface area (Å²) < 4.78 is 2.41. The largest absolute Gasteiger partial charge is 0.346 e. The minimum absolute atomic E-state index is 0.581. The monoisotopic (exact) mass is 165 g/mol. The molecule has 1 heterocycles. The molecule has 1 aromatic rings. The SMILES string of the molecule is Cc1c(C)c(C)n(C(C)C)c1C. The molecule has 0 radical (unpaired) electrons. The molecule has 0 aliphatic rings. The highest BCUT2D eigenvalue weighted by molar-refractivity contribution is 5.35. The van der Waals surface area contributed by atoms with Gasteiger partial charge >= 0.3 is 0 Å². The Bertz CT molecular complexity index is 267. The van der Waals surface area contributed by atoms with Crippen molar-refractivity contribution < 1.29 is 0 Å². The van der Waals surface area contributed by atoms with Crippen molar-refractivity contribution in [2.24, 2.45) is 0 Å². The quantitative estimate of drug-likeness (QED) is 0.601. The number of hydrogen-bond acceptors (Lipinski definition) is 0. The molecule has 68 valence electrons. The smallest absolute Gasteiger partial charge is 0.0279 e. The predicted octanol–water partition coefficient (Wildman–Crippen LogP) is 3.30. The summed E-state index contributed by atoms with van der Waals surface area (Å²) in [6.45, 7) is 13.3. The van der Waals surface area contributed by atoms with Gasteiger partial charge in [-0.3, -0.25) is 0 Å². The van der Waals surface area contributed by atoms with Crippen LogP contribution in [0.3, 0.4) is 0 Å². The second kappa shape index (κ2) is 2.96. The molecule has 0 spiro atoms. The van der Waals surface area contributed by atoms with Crippen molar-refractivity contribution in [2.75, 3.05) is 0 Å². The van der Waals surface area contributed by atoms with E-state index in [1.165, 1.54) is 22.5 Å². The zero-order valence-corrected chi connectivity index (χ0v) is 9.02. The van der Waals surface area contributed by atoms with Gasteiger partial charge in [0.05, 0.1) is 0 Å². The third kappa shape index (κ3) is 1.17. The fourth-order valence-electron chi connectivity index (χ4n) is 1.93. The van der Waals surface area contributed by atoms with Crippen LogP contribution in [0.2, 0.25) is 0 Å². The first-order valence-electron chi connectivity index (χ1n) is 4.61. The van der Waals surface area contributed by atoms with Crippen molar-refractivity contribution in [1.82, 2.24) is 4.57 Å². The third-order valence-electron chi connectivity index (χ3n) is 2.89. The van der Waals surface area contributed by atoms with E-state index in [1.807, 2.05) is 0 Å². The molecule has 1 aromatic heterocycles. The Kier molecular flexibility index (Phi) is 2.31. The second-order valence-corrected chi connectivity index (χ2v) is 3.88. The minimum atomic E-state index is 0.581. The summed E-state index contributed by atoms with van der Waals surface area (Å²) in [5.41, 5.74) is 5.72. The topological polar surface area (TPSA) is 4.93 Å². The van der Waals surface area contributed by atoms with E-state index in [4.69, 9.17) is 0 Å². The summed E-state index contributed by atoms with van der Waals surface area (Å²) in [5, 5.41) is 0. The number of hydrogen-bond donors (Lipinski definition) is 0. The predicted molar refractivity (Wildman–Crippen MR) is 53.8 cm³/mol. The normalized spacial score (nSPS) is 11.2. The van der Waals surface area contributed by atoms with Crippen LogP contribution in [0.15, 0.2) is 0 Å². The Morgan fingerprint density at radius 3 is 1.33 bits per heavy atom. The summed E-state index contributed by atoms with van der Waals surface area (Å²) >= 11 is 0. The molecule has 0 bridgehead atoms. The summed E-state index contributed by atoms with van der Waals surface area (Å²) in [5.74, 6) is 0. The van der Waals surface area contributed by atoms with Crippen LogP contribution < -0.4 is 0 Å². The van der Waals surface area contributed by atoms with E-state index in [0.717, 1.165) is 0 Å². The molecule has 1 heteroatoms. The molecule has 0 aliphatic heterocycles. The summed E-state index contributed by atoms with van der Waals surface area (Å²) in [6, 6.07) is 0.581. The van der Waals surface area contributed by atoms with Gasteiger partial charge < -0.3 is 4.57 Å². The Balaban J connectivity index is 3.38. The van der Waals surface area contributed by atoms with Crippen molar-refractivity contribution in [3.63, 3.8) is 0 Å². The van der Waals surface area contributed by atoms with Crippen LogP contribution in [0, 0.1) is 27.7 Å². The molecule has 1 nitrogen and oxygen atoms in total. The fourth-order valence-corrected chi connectivity index (χ4v) is 1.93. The maximum atomic E-state index is 2.41. The first kappa shape index (κ1) is 9.37. The highest BCUT2D eigenvalue weighted by atomic mass is 15.0. The van der Waals surface area contributed by atoms with Crippen LogP contribution in [0.25, 0.3) is 0 Å². The van der Waals surface area contributed by atoms with E-state index in [2.05, 4.69) is 46.1 Å². The first-order valence-corrected chi connectivity index (χ1v) is 4.61. The van der Waals surface area contributed by atoms with Gasteiger partial charge in [0.25, 0.3) is 0 Å². The minimum Gasteiger partial charge on any atom is -0.346 e. The van der Waals surface area contributed by atoms with Gasteiger partial charge in [-0.05, 0) is 52.7 Å². The second-order valence-electron chi connectivity index (χ2n) is 3.88. The van der Waals surface area contributed by atoms with Crippen molar-refractivity contribution in [3.8, 4) is 0 Å². The average Bonchev–Trinajstić information content (AvgIpc) is 2.16. The third-order valence-corrected chi connectivity index (χ3v) is 2.89. The van der Waals surface area contributed by atoms with Crippen LogP contribution in [0.1, 0.15) is 42.4 Å². The zero-order valence-electron chi connectivity index (χ0n) is 9.02. The van der Waals surface area contributed by atoms with E-state index >= 15 is 0 Å². The number of nitrogens with zero attached hydrogens (tertiary/aromatic N) is 1. The van der Waals surface area contributed by atoms with E-state index in [1.54, 1.807) is 0 Å². The lowest BCUT2D eigenvalue weighted by molar-refractivity contribution is 0.573. The molecule has 0 aromatic carbocycles. The first-order chi connectivity index (χ1) is 5.46. The van der Waals surface area contributed by atoms with Gasteiger partial charge in [-0.25, -0.2) is 0 Å². The molecule has 0 saturated carbocycles. The number of rotatable bonds is 1. The maximum absolute atomic E-state index is 2.41. The summed E-state index contributed by atoms with van der Waals surface area (Å²) in [6.07, 6.45) is 0. The van der Waals surface area contributed by atoms with Gasteiger partial charge in [0, 0.05) is 17.4 Å². The summed E-state index contributed by atoms with van der Waals surface area (Å²) in [7, 11) is 0. The Labute approximate surface area is 75.4 Å². The lowest BCUT2D eigenvalue weighted by Gasteiger charge is -2.13. The zero-order chi connectivity index (χ0) is 9.46. The van der Waals surface area contributed by atoms with Gasteiger partial charge in [0.2, 0.25) is 0 Å². The van der Waals surface area contributed by atoms with Gasteiger partial charge in [-0.2, -0.15) is 0 Å². The molecule has 0 unspecified atom stereocenters. The van der Waals surface area contributed by atoms with Crippen LogP contribution >= 0.6 is 0 Å². The lowest BCUT2D eigenvalue weighted by Crippen LogP contribution is -2.04. The van der Waals surface area contributed by atoms with Gasteiger partial charge in [0.15, 0.2) is 0 Å². The Morgan fingerprint density at radius 2 is 1.17 bits per heavy atom. The standard InChI is InChI=1S/C11H19N/c1-7(2)12-10(5)8(3)9(4)11(12)6/h7H,1-6H3. The van der Waals surface area contributed by atoms with Crippen LogP contribution in [0.5, 0.6) is 0 Å². The molecular weight excluding hydrogens is 146 g/mol. The molecular formula is C11H19N. The van der Waals surface area contributed by atoms with Crippen molar-refractivity contribution in [1.29, 1.82) is 0 Å². The molecule has 0 amide bonds. The molecule has 0 saturated heterocycles. The highest BCUT2D eigenvalue weighted by Crippen LogP contribution is 2.23. The van der Waals surface area contributed by atoms with E-state index in [0.29, 0.717) is 6.04 Å². The van der Waals surface area contributed by atoms with Gasteiger partial charge in [0.1, 0.15) is 0 Å². The Morgan fingerprint density at radius 1 is 0.833 bits per heavy atom. The van der Waals surface area contributed by atoms with Crippen LogP contribution in [-0.4, -0.2) is 4.57 Å². The van der Waals surface area contributed by atoms with Crippen molar-refractivity contribution >= 4 is 0 Å². The van der Waals surface area contributed by atoms with Crippen molar-refractivity contribution in [3.05, 3.63) is 22.5 Å². The Hall–Kier alpha value is -0.720. The highest BCUT2D eigenvalue weighted by Gasteiger charge is 2.12. The molecule has 0 N–H and O–H groups in total. The maximum Gasteiger partial charge on any atom is 0.0279 e. The molecule has 0 fully saturated rings. The molecule has 1 rings (SSSR count). The number of aromatic nitrogens is 1. The van der Waals surface area contributed by atoms with E-state index in [9.17, 15) is 0 Å². The van der Waals surface area contributed by atoms with Crippen molar-refractivity contribution in [2.45, 2.75) is 47.6 Å².